The van der Waals surface area contributed by atoms with Crippen LogP contribution in [-0.2, 0) is 13.6 Å². The Morgan fingerprint density at radius 2 is 1.89 bits per heavy atom. The molecular formula is C12H22NO3PS2. The molecule has 0 N–H and O–H groups in total. The van der Waals surface area contributed by atoms with Crippen molar-refractivity contribution in [2.24, 2.45) is 5.92 Å². The second-order valence-electron chi connectivity index (χ2n) is 4.64. The lowest BCUT2D eigenvalue weighted by atomic mass is 9.99. The van der Waals surface area contributed by atoms with E-state index in [-0.39, 0.29) is 17.2 Å². The fraction of sp³-hybridized carbons (Fsp3) is 0.833. The summed E-state index contributed by atoms with van der Waals surface area (Å²) in [7, 11) is -3.42. The van der Waals surface area contributed by atoms with Crippen LogP contribution >= 0.6 is 31.6 Å². The van der Waals surface area contributed by atoms with E-state index in [1.807, 2.05) is 13.8 Å². The van der Waals surface area contributed by atoms with E-state index in [4.69, 9.17) is 21.3 Å². The SMILES string of the molecule is CCOP(=O)(OCC)C(=S)SC(C)(C#N)CC(C)C. The molecule has 0 bridgehead atoms. The van der Waals surface area contributed by atoms with Crippen LogP contribution in [-0.4, -0.2) is 21.9 Å². The Morgan fingerprint density at radius 3 is 2.21 bits per heavy atom. The van der Waals surface area contributed by atoms with Crippen LogP contribution in [0.2, 0.25) is 0 Å². The Hall–Kier alpha value is 0.0800. The fourth-order valence-electron chi connectivity index (χ4n) is 1.62. The van der Waals surface area contributed by atoms with Gasteiger partial charge in [0, 0.05) is 0 Å². The van der Waals surface area contributed by atoms with Crippen molar-refractivity contribution in [3.05, 3.63) is 0 Å². The minimum Gasteiger partial charge on any atom is -0.305 e. The van der Waals surface area contributed by atoms with Gasteiger partial charge in [-0.3, -0.25) is 4.57 Å². The maximum absolute atomic E-state index is 12.5. The van der Waals surface area contributed by atoms with Gasteiger partial charge in [0.05, 0.1) is 19.3 Å². The molecule has 0 fully saturated rings. The molecule has 1 unspecified atom stereocenters. The molecular weight excluding hydrogens is 301 g/mol. The minimum atomic E-state index is -3.42. The van der Waals surface area contributed by atoms with E-state index in [1.165, 1.54) is 0 Å². The molecule has 0 aromatic carbocycles. The quantitative estimate of drug-likeness (QED) is 0.480. The van der Waals surface area contributed by atoms with Crippen molar-refractivity contribution in [2.45, 2.75) is 45.8 Å². The summed E-state index contributed by atoms with van der Waals surface area (Å²) in [6.07, 6.45) is 0.659. The lowest BCUT2D eigenvalue weighted by Gasteiger charge is -2.25. The van der Waals surface area contributed by atoms with Crippen molar-refractivity contribution in [1.82, 2.24) is 0 Å². The normalized spacial score (nSPS) is 15.0. The van der Waals surface area contributed by atoms with Crippen molar-refractivity contribution < 1.29 is 13.6 Å². The van der Waals surface area contributed by atoms with Crippen molar-refractivity contribution in [3.8, 4) is 6.07 Å². The van der Waals surface area contributed by atoms with Gasteiger partial charge in [-0.2, -0.15) is 5.26 Å². The fourth-order valence-corrected chi connectivity index (χ4v) is 5.67. The molecule has 0 aromatic heterocycles. The van der Waals surface area contributed by atoms with Gasteiger partial charge in [0.25, 0.3) is 0 Å². The Kier molecular flexibility index (Phi) is 8.42. The maximum atomic E-state index is 12.5. The van der Waals surface area contributed by atoms with Gasteiger partial charge in [-0.05, 0) is 33.1 Å². The molecule has 0 spiro atoms. The predicted molar refractivity (Wildman–Crippen MR) is 84.5 cm³/mol. The van der Waals surface area contributed by atoms with Crippen molar-refractivity contribution in [3.63, 3.8) is 0 Å². The molecule has 0 saturated carbocycles. The first-order valence-electron chi connectivity index (χ1n) is 6.27. The summed E-state index contributed by atoms with van der Waals surface area (Å²) in [5.41, 5.74) is 0. The molecule has 19 heavy (non-hydrogen) atoms. The molecule has 110 valence electrons. The molecule has 0 aliphatic carbocycles. The van der Waals surface area contributed by atoms with Crippen LogP contribution in [0.1, 0.15) is 41.0 Å². The van der Waals surface area contributed by atoms with Gasteiger partial charge in [-0.25, -0.2) is 0 Å². The highest BCUT2D eigenvalue weighted by Crippen LogP contribution is 2.56. The zero-order valence-corrected chi connectivity index (χ0v) is 14.7. The number of nitrogens with zero attached hydrogens (tertiary/aromatic N) is 1. The average molecular weight is 323 g/mol. The van der Waals surface area contributed by atoms with E-state index < -0.39 is 12.3 Å². The summed E-state index contributed by atoms with van der Waals surface area (Å²) in [5, 5.41) is 9.31. The predicted octanol–water partition coefficient (Wildman–Crippen LogP) is 4.60. The van der Waals surface area contributed by atoms with Gasteiger partial charge in [-0.1, -0.05) is 37.8 Å². The first-order valence-corrected chi connectivity index (χ1v) is 9.03. The lowest BCUT2D eigenvalue weighted by molar-refractivity contribution is 0.233. The van der Waals surface area contributed by atoms with Gasteiger partial charge >= 0.3 is 7.60 Å². The van der Waals surface area contributed by atoms with E-state index in [0.29, 0.717) is 12.3 Å². The molecule has 0 heterocycles. The van der Waals surface area contributed by atoms with Crippen molar-refractivity contribution in [2.75, 3.05) is 13.2 Å². The number of hydrogen-bond acceptors (Lipinski definition) is 6. The molecule has 0 amide bonds. The maximum Gasteiger partial charge on any atom is 0.378 e. The Labute approximate surface area is 125 Å². The second-order valence-corrected chi connectivity index (χ2v) is 9.39. The van der Waals surface area contributed by atoms with E-state index in [2.05, 4.69) is 6.07 Å². The van der Waals surface area contributed by atoms with Crippen LogP contribution in [0.3, 0.4) is 0 Å². The summed E-state index contributed by atoms with van der Waals surface area (Å²) in [4.78, 5) is 0. The topological polar surface area (TPSA) is 59.3 Å². The van der Waals surface area contributed by atoms with E-state index in [9.17, 15) is 9.83 Å². The average Bonchev–Trinajstić information content (AvgIpc) is 2.28. The number of thiocarbonyl (C=S) groups is 1. The van der Waals surface area contributed by atoms with Gasteiger partial charge in [-0.15, -0.1) is 0 Å². The van der Waals surface area contributed by atoms with E-state index >= 15 is 0 Å². The highest BCUT2D eigenvalue weighted by atomic mass is 32.2. The van der Waals surface area contributed by atoms with Crippen LogP contribution in [0.5, 0.6) is 0 Å². The summed E-state index contributed by atoms with van der Waals surface area (Å²) >= 11 is 6.31. The standard InChI is InChI=1S/C12H22NO3PS2/c1-6-15-17(14,16-7-2)11(18)19-12(5,9-13)8-10(3)4/h10H,6-8H2,1-5H3. The summed E-state index contributed by atoms with van der Waals surface area (Å²) < 4.78 is 22.3. The smallest absolute Gasteiger partial charge is 0.305 e. The van der Waals surface area contributed by atoms with Crippen LogP contribution in [0.4, 0.5) is 0 Å². The largest absolute Gasteiger partial charge is 0.378 e. The number of nitriles is 1. The molecule has 0 rings (SSSR count). The first kappa shape index (κ1) is 19.1. The highest BCUT2D eigenvalue weighted by Gasteiger charge is 2.37. The van der Waals surface area contributed by atoms with Crippen LogP contribution in [0.15, 0.2) is 0 Å². The third-order valence-electron chi connectivity index (χ3n) is 2.17. The number of rotatable bonds is 8. The minimum absolute atomic E-state index is 0.140. The molecule has 0 radical (unpaired) electrons. The van der Waals surface area contributed by atoms with Gasteiger partial charge < -0.3 is 9.05 Å². The van der Waals surface area contributed by atoms with E-state index in [1.54, 1.807) is 20.8 Å². The third-order valence-corrected chi connectivity index (χ3v) is 6.56. The monoisotopic (exact) mass is 323 g/mol. The van der Waals surface area contributed by atoms with Crippen LogP contribution in [0.25, 0.3) is 0 Å². The number of hydrogen-bond donors (Lipinski definition) is 0. The zero-order chi connectivity index (χ0) is 15.1. The Morgan fingerprint density at radius 1 is 1.42 bits per heavy atom. The van der Waals surface area contributed by atoms with Gasteiger partial charge in [0.1, 0.15) is 4.75 Å². The van der Waals surface area contributed by atoms with E-state index in [0.717, 1.165) is 11.8 Å². The molecule has 0 aliphatic heterocycles. The molecule has 0 aromatic rings. The summed E-state index contributed by atoms with van der Waals surface area (Å²) in [6, 6.07) is 2.24. The zero-order valence-electron chi connectivity index (χ0n) is 12.1. The highest BCUT2D eigenvalue weighted by molar-refractivity contribution is 8.36. The van der Waals surface area contributed by atoms with Crippen molar-refractivity contribution >= 4 is 35.5 Å². The second kappa shape index (κ2) is 8.39. The first-order chi connectivity index (χ1) is 8.73. The molecule has 7 heteroatoms. The number of thioether (sulfide) groups is 1. The summed E-state index contributed by atoms with van der Waals surface area (Å²) in [5.74, 6) is 0.346. The van der Waals surface area contributed by atoms with Gasteiger partial charge in [0.15, 0.2) is 3.94 Å². The molecule has 0 aliphatic rings. The molecule has 4 nitrogen and oxygen atoms in total. The molecule has 0 saturated heterocycles. The lowest BCUT2D eigenvalue weighted by Crippen LogP contribution is -2.22. The summed E-state index contributed by atoms with van der Waals surface area (Å²) in [6.45, 7) is 9.84. The van der Waals surface area contributed by atoms with Crippen LogP contribution < -0.4 is 0 Å². The molecule has 1 atom stereocenters. The Bertz CT molecular complexity index is 385. The Balaban J connectivity index is 4.99. The van der Waals surface area contributed by atoms with Crippen LogP contribution in [0, 0.1) is 17.2 Å². The van der Waals surface area contributed by atoms with Crippen molar-refractivity contribution in [1.29, 1.82) is 5.26 Å². The van der Waals surface area contributed by atoms with Gasteiger partial charge in [0.2, 0.25) is 0 Å². The third kappa shape index (κ3) is 6.37.